The van der Waals surface area contributed by atoms with Gasteiger partial charge in [0.25, 0.3) is 0 Å². The lowest BCUT2D eigenvalue weighted by molar-refractivity contribution is 1.35. The van der Waals surface area contributed by atoms with Gasteiger partial charge in [-0.1, -0.05) is 158 Å². The van der Waals surface area contributed by atoms with E-state index in [9.17, 15) is 0 Å². The fourth-order valence-electron chi connectivity index (χ4n) is 11.2. The molecule has 5 heterocycles. The second-order valence-corrected chi connectivity index (χ2v) is 20.6. The fourth-order valence-corrected chi connectivity index (χ4v) is 14.9. The molecule has 0 aliphatic carbocycles. The smallest absolute Gasteiger partial charge is 0.329 e. The average Bonchev–Trinajstić information content (AvgIpc) is 4.07. The van der Waals surface area contributed by atoms with Crippen LogP contribution >= 0.6 is 34.0 Å². The number of anilines is 2. The first-order valence-electron chi connectivity index (χ1n) is 22.3. The summed E-state index contributed by atoms with van der Waals surface area (Å²) in [6.07, 6.45) is 0. The maximum atomic E-state index is 2.64. The van der Waals surface area contributed by atoms with Crippen LogP contribution in [0.4, 0.5) is 11.4 Å². The summed E-state index contributed by atoms with van der Waals surface area (Å²) in [5.74, 6) is 0. The molecular weight excluding hydrogens is 842 g/mol. The Morgan fingerprint density at radius 3 is 1.15 bits per heavy atom. The summed E-state index contributed by atoms with van der Waals surface area (Å²) in [6.45, 7) is -0.0115. The summed E-state index contributed by atoms with van der Waals surface area (Å²) in [4.78, 5) is 2.64. The van der Waals surface area contributed by atoms with Gasteiger partial charge in [0.1, 0.15) is 0 Å². The second kappa shape index (κ2) is 13.6. The molecule has 0 fully saturated rings. The summed E-state index contributed by atoms with van der Waals surface area (Å²) in [5.41, 5.74) is 17.9. The fraction of sp³-hybridized carbons (Fsp3) is 0. The number of nitrogens with zero attached hydrogens (tertiary/aromatic N) is 1. The number of para-hydroxylation sites is 1. The normalized spacial score (nSPS) is 12.9. The van der Waals surface area contributed by atoms with Crippen LogP contribution in [0.3, 0.4) is 0 Å². The number of fused-ring (bicyclic) bond motifs is 20. The number of hydrogen-bond acceptors (Lipinski definition) is 4. The molecule has 5 heteroatoms. The molecule has 0 amide bonds. The molecule has 0 saturated heterocycles. The van der Waals surface area contributed by atoms with Crippen molar-refractivity contribution in [3.63, 3.8) is 0 Å². The van der Waals surface area contributed by atoms with E-state index in [2.05, 4.69) is 211 Å². The first-order valence-corrected chi connectivity index (χ1v) is 24.7. The zero-order chi connectivity index (χ0) is 42.3. The van der Waals surface area contributed by atoms with E-state index in [4.69, 9.17) is 0 Å². The van der Waals surface area contributed by atoms with Crippen molar-refractivity contribution in [1.29, 1.82) is 0 Å². The molecule has 0 unspecified atom stereocenters. The zero-order valence-electron chi connectivity index (χ0n) is 34.9. The Labute approximate surface area is 387 Å². The molecule has 15 rings (SSSR count). The molecule has 0 saturated carbocycles. The number of hydrogen-bond donors (Lipinski definition) is 0. The Hall–Kier alpha value is -7.28. The van der Waals surface area contributed by atoms with E-state index in [0.29, 0.717) is 0 Å². The Balaban J connectivity index is 0.968. The molecule has 2 aliphatic heterocycles. The van der Waals surface area contributed by atoms with Crippen LogP contribution in [0, 0.1) is 0 Å². The van der Waals surface area contributed by atoms with E-state index < -0.39 is 0 Å². The standard InChI is InChI=1S/C60H34BNS3/c1-5-22-53-41(12-1)48-32-35(38-16-9-19-45-42-13-2-6-23-55(42)63-58(38)45)26-29-51(48)61-52-30-27-36(39-17-10-20-46-43-14-3-7-24-56(43)64-59(39)46)33-49(52)50-34-37(28-31-54(50)62(53)61)40-18-11-21-47-44-15-4-8-25-57(44)65-60(40)47/h1-34H. The Kier molecular flexibility index (Phi) is 7.57. The van der Waals surface area contributed by atoms with Gasteiger partial charge in [-0.3, -0.25) is 0 Å². The molecule has 0 bridgehead atoms. The van der Waals surface area contributed by atoms with Crippen LogP contribution < -0.4 is 15.7 Å². The van der Waals surface area contributed by atoms with E-state index in [-0.39, 0.29) is 6.85 Å². The van der Waals surface area contributed by atoms with Crippen LogP contribution in [0.1, 0.15) is 0 Å². The molecule has 13 aromatic rings. The summed E-state index contributed by atoms with van der Waals surface area (Å²) >= 11 is 5.71. The molecule has 2 aliphatic rings. The number of thiophene rings is 3. The van der Waals surface area contributed by atoms with Crippen molar-refractivity contribution in [2.24, 2.45) is 0 Å². The highest BCUT2D eigenvalue weighted by Gasteiger charge is 2.42. The quantitative estimate of drug-likeness (QED) is 0.160. The van der Waals surface area contributed by atoms with Crippen molar-refractivity contribution < 1.29 is 0 Å². The number of rotatable bonds is 3. The maximum Gasteiger partial charge on any atom is 0.329 e. The minimum absolute atomic E-state index is 0.0115. The molecule has 0 radical (unpaired) electrons. The van der Waals surface area contributed by atoms with Gasteiger partial charge in [-0.25, -0.2) is 0 Å². The molecule has 0 atom stereocenters. The van der Waals surface area contributed by atoms with Crippen LogP contribution in [0.5, 0.6) is 0 Å². The van der Waals surface area contributed by atoms with Crippen LogP contribution in [-0.2, 0) is 0 Å². The summed E-state index contributed by atoms with van der Waals surface area (Å²) in [6, 6.07) is 77.9. The van der Waals surface area contributed by atoms with Crippen molar-refractivity contribution in [2.45, 2.75) is 0 Å². The van der Waals surface area contributed by atoms with Gasteiger partial charge in [0.2, 0.25) is 0 Å². The molecule has 10 aromatic carbocycles. The largest absolute Gasteiger partial charge is 0.376 e. The highest BCUT2D eigenvalue weighted by Crippen LogP contribution is 2.50. The minimum Gasteiger partial charge on any atom is -0.376 e. The Bertz CT molecular complexity index is 4170. The molecule has 3 aromatic heterocycles. The third-order valence-electron chi connectivity index (χ3n) is 14.1. The first-order chi connectivity index (χ1) is 32.2. The second-order valence-electron chi connectivity index (χ2n) is 17.5. The van der Waals surface area contributed by atoms with Crippen molar-refractivity contribution >= 4 is 124 Å². The minimum atomic E-state index is -0.0115. The van der Waals surface area contributed by atoms with Gasteiger partial charge in [0.05, 0.1) is 0 Å². The molecule has 0 N–H and O–H groups in total. The SMILES string of the molecule is c1ccc2c(c1)-c1cc(-c3cccc4c3sc3ccccc34)ccc1B1c3ccc(-c4cccc5c4sc4ccccc45)cc3-c3cc(-c4cccc5c4sc4ccccc45)ccc3N12. The Morgan fingerprint density at radius 1 is 0.277 bits per heavy atom. The molecule has 1 nitrogen and oxygen atoms in total. The Morgan fingerprint density at radius 2 is 0.646 bits per heavy atom. The van der Waals surface area contributed by atoms with Crippen molar-refractivity contribution in [1.82, 2.24) is 0 Å². The van der Waals surface area contributed by atoms with Crippen LogP contribution in [-0.4, -0.2) is 6.85 Å². The van der Waals surface area contributed by atoms with Gasteiger partial charge in [0, 0.05) is 83.0 Å². The van der Waals surface area contributed by atoms with Gasteiger partial charge in [-0.05, 0) is 104 Å². The predicted molar refractivity (Wildman–Crippen MR) is 286 cm³/mol. The van der Waals surface area contributed by atoms with Crippen molar-refractivity contribution in [2.75, 3.05) is 4.81 Å². The van der Waals surface area contributed by atoms with E-state index in [1.165, 1.54) is 138 Å². The first kappa shape index (κ1) is 36.1. The van der Waals surface area contributed by atoms with Crippen LogP contribution in [0.2, 0.25) is 0 Å². The maximum absolute atomic E-state index is 2.64. The number of benzene rings is 10. The topological polar surface area (TPSA) is 3.24 Å². The monoisotopic (exact) mass is 875 g/mol. The highest BCUT2D eigenvalue weighted by molar-refractivity contribution is 7.27. The lowest BCUT2D eigenvalue weighted by atomic mass is 9.43. The zero-order valence-corrected chi connectivity index (χ0v) is 37.3. The van der Waals surface area contributed by atoms with Crippen LogP contribution in [0.25, 0.3) is 116 Å². The molecule has 65 heavy (non-hydrogen) atoms. The molecule has 0 spiro atoms. The lowest BCUT2D eigenvalue weighted by Crippen LogP contribution is -2.59. The van der Waals surface area contributed by atoms with Crippen LogP contribution in [0.15, 0.2) is 206 Å². The summed E-state index contributed by atoms with van der Waals surface area (Å²) < 4.78 is 8.02. The highest BCUT2D eigenvalue weighted by atomic mass is 32.1. The summed E-state index contributed by atoms with van der Waals surface area (Å²) in [7, 11) is 0. The van der Waals surface area contributed by atoms with Gasteiger partial charge in [-0.2, -0.15) is 0 Å². The van der Waals surface area contributed by atoms with E-state index in [1.807, 2.05) is 34.0 Å². The molecule has 300 valence electrons. The van der Waals surface area contributed by atoms with E-state index in [1.54, 1.807) is 0 Å². The van der Waals surface area contributed by atoms with Gasteiger partial charge in [0.15, 0.2) is 0 Å². The third-order valence-corrected chi connectivity index (χ3v) is 17.8. The van der Waals surface area contributed by atoms with Gasteiger partial charge >= 0.3 is 6.85 Å². The van der Waals surface area contributed by atoms with Crippen molar-refractivity contribution in [3.05, 3.63) is 206 Å². The van der Waals surface area contributed by atoms with Gasteiger partial charge < -0.3 is 4.81 Å². The predicted octanol–water partition coefficient (Wildman–Crippen LogP) is 16.7. The van der Waals surface area contributed by atoms with Gasteiger partial charge in [-0.15, -0.1) is 34.0 Å². The third kappa shape index (κ3) is 5.14. The van der Waals surface area contributed by atoms with E-state index >= 15 is 0 Å². The summed E-state index contributed by atoms with van der Waals surface area (Å²) in [5, 5.41) is 7.96. The average molecular weight is 876 g/mol. The van der Waals surface area contributed by atoms with Crippen molar-refractivity contribution in [3.8, 4) is 55.6 Å². The lowest BCUT2D eigenvalue weighted by Gasteiger charge is -2.43. The van der Waals surface area contributed by atoms with E-state index in [0.717, 1.165) is 0 Å². The molecular formula is C60H34BNS3.